The molecule has 14 heteroatoms. The number of nitrogens with one attached hydrogen (secondary N) is 1. The number of benzene rings is 1. The van der Waals surface area contributed by atoms with Gasteiger partial charge in [-0.2, -0.15) is 9.78 Å². The number of ether oxygens (including phenoxy) is 1. The number of hydrogen-bond donors (Lipinski definition) is 2. The van der Waals surface area contributed by atoms with Gasteiger partial charge in [0, 0.05) is 12.3 Å². The Kier molecular flexibility index (Phi) is 5.45. The number of tetrazole rings is 1. The summed E-state index contributed by atoms with van der Waals surface area (Å²) >= 11 is 0. The van der Waals surface area contributed by atoms with Crippen LogP contribution in [0.5, 0.6) is 5.75 Å². The molecule has 1 atom stereocenters. The van der Waals surface area contributed by atoms with Crippen molar-refractivity contribution >= 4 is 11.6 Å². The fraction of sp³-hybridized carbons (Fsp3) is 0.263. The molecule has 3 aromatic heterocycles. The maximum absolute atomic E-state index is 13.1. The van der Waals surface area contributed by atoms with Gasteiger partial charge in [0.05, 0.1) is 17.8 Å². The van der Waals surface area contributed by atoms with E-state index in [9.17, 15) is 23.1 Å². The van der Waals surface area contributed by atoms with Crippen LogP contribution in [0.1, 0.15) is 35.8 Å². The second-order valence-corrected chi connectivity index (χ2v) is 7.54. The minimum Gasteiger partial charge on any atom is -0.406 e. The summed E-state index contributed by atoms with van der Waals surface area (Å²) in [5.74, 6) is -0.676. The number of carbonyl (C=O) groups is 1. The van der Waals surface area contributed by atoms with Crippen LogP contribution in [-0.4, -0.2) is 57.8 Å². The smallest absolute Gasteiger partial charge is 0.406 e. The number of rotatable bonds is 6. The van der Waals surface area contributed by atoms with Gasteiger partial charge in [0.1, 0.15) is 17.6 Å². The molecule has 4 rings (SSSR count). The van der Waals surface area contributed by atoms with E-state index in [1.54, 1.807) is 12.3 Å². The third-order valence-corrected chi connectivity index (χ3v) is 4.61. The lowest BCUT2D eigenvalue weighted by atomic mass is 9.91. The lowest BCUT2D eigenvalue weighted by molar-refractivity contribution is -0.274. The van der Waals surface area contributed by atoms with Gasteiger partial charge in [-0.1, -0.05) is 12.1 Å². The standard InChI is InChI=1S/C19H17F3N8O3/c1-18(2,32)15(11-3-5-12(6-4-11)33-19(20,21)22)26-17(31)13-9-24-29-8-7-14(25-16(13)29)30-10-23-27-28-30/h3-10,15,32H,1-2H3,(H,26,31)/t15-/m0/s1. The van der Waals surface area contributed by atoms with Crippen LogP contribution in [0.3, 0.4) is 0 Å². The summed E-state index contributed by atoms with van der Waals surface area (Å²) in [7, 11) is 0. The zero-order valence-corrected chi connectivity index (χ0v) is 17.2. The van der Waals surface area contributed by atoms with Gasteiger partial charge in [0.25, 0.3) is 5.91 Å². The van der Waals surface area contributed by atoms with Crippen LogP contribution in [0.15, 0.2) is 49.1 Å². The van der Waals surface area contributed by atoms with E-state index in [2.05, 4.69) is 35.7 Å². The molecule has 1 aromatic carbocycles. The molecule has 33 heavy (non-hydrogen) atoms. The number of hydrogen-bond acceptors (Lipinski definition) is 8. The molecule has 0 unspecified atom stereocenters. The number of aromatic nitrogens is 7. The molecular weight excluding hydrogens is 445 g/mol. The molecule has 0 spiro atoms. The van der Waals surface area contributed by atoms with Crippen LogP contribution in [0, 0.1) is 0 Å². The van der Waals surface area contributed by atoms with Crippen LogP contribution in [-0.2, 0) is 0 Å². The van der Waals surface area contributed by atoms with Gasteiger partial charge < -0.3 is 15.2 Å². The van der Waals surface area contributed by atoms with E-state index in [1.165, 1.54) is 47.7 Å². The van der Waals surface area contributed by atoms with E-state index in [0.29, 0.717) is 11.4 Å². The molecule has 0 radical (unpaired) electrons. The molecule has 1 amide bonds. The molecule has 0 saturated heterocycles. The summed E-state index contributed by atoms with van der Waals surface area (Å²) in [4.78, 5) is 17.4. The molecular formula is C19H17F3N8O3. The summed E-state index contributed by atoms with van der Waals surface area (Å²) in [6, 6.07) is 5.49. The first-order valence-corrected chi connectivity index (χ1v) is 9.48. The third-order valence-electron chi connectivity index (χ3n) is 4.61. The molecule has 0 aliphatic carbocycles. The van der Waals surface area contributed by atoms with Gasteiger partial charge in [-0.15, -0.1) is 18.3 Å². The minimum absolute atomic E-state index is 0.108. The predicted molar refractivity (Wildman–Crippen MR) is 105 cm³/mol. The lowest BCUT2D eigenvalue weighted by Crippen LogP contribution is -2.42. The highest BCUT2D eigenvalue weighted by molar-refractivity contribution is 6.00. The third kappa shape index (κ3) is 4.90. The topological polar surface area (TPSA) is 132 Å². The number of nitrogens with zero attached hydrogens (tertiary/aromatic N) is 7. The van der Waals surface area contributed by atoms with Crippen molar-refractivity contribution in [1.29, 1.82) is 0 Å². The Morgan fingerprint density at radius 1 is 1.18 bits per heavy atom. The molecule has 0 saturated carbocycles. The fourth-order valence-electron chi connectivity index (χ4n) is 3.15. The highest BCUT2D eigenvalue weighted by Gasteiger charge is 2.33. The first-order valence-electron chi connectivity index (χ1n) is 9.48. The Morgan fingerprint density at radius 2 is 1.91 bits per heavy atom. The average molecular weight is 462 g/mol. The summed E-state index contributed by atoms with van der Waals surface area (Å²) < 4.78 is 43.8. The van der Waals surface area contributed by atoms with Crippen molar-refractivity contribution in [1.82, 2.24) is 40.1 Å². The van der Waals surface area contributed by atoms with Gasteiger partial charge in [-0.05, 0) is 42.0 Å². The SMILES string of the molecule is CC(C)(O)[C@@H](NC(=O)c1cnn2ccc(-n3cnnn3)nc12)c1ccc(OC(F)(F)F)cc1. The Bertz CT molecular complexity index is 1260. The molecule has 0 aliphatic heterocycles. The number of aliphatic hydroxyl groups is 1. The van der Waals surface area contributed by atoms with E-state index >= 15 is 0 Å². The lowest BCUT2D eigenvalue weighted by Gasteiger charge is -2.30. The Labute approximate surface area is 183 Å². The van der Waals surface area contributed by atoms with E-state index in [1.807, 2.05) is 0 Å². The maximum atomic E-state index is 13.1. The molecule has 172 valence electrons. The monoisotopic (exact) mass is 462 g/mol. The van der Waals surface area contributed by atoms with E-state index in [4.69, 9.17) is 0 Å². The van der Waals surface area contributed by atoms with Gasteiger partial charge in [0.15, 0.2) is 11.5 Å². The van der Waals surface area contributed by atoms with Crippen molar-refractivity contribution in [2.75, 3.05) is 0 Å². The van der Waals surface area contributed by atoms with Crippen LogP contribution >= 0.6 is 0 Å². The molecule has 0 aliphatic rings. The number of halogens is 3. The van der Waals surface area contributed by atoms with E-state index in [-0.39, 0.29) is 11.2 Å². The minimum atomic E-state index is -4.83. The number of alkyl halides is 3. The zero-order valence-electron chi connectivity index (χ0n) is 17.2. The van der Waals surface area contributed by atoms with Gasteiger partial charge in [-0.3, -0.25) is 4.79 Å². The Balaban J connectivity index is 1.62. The second-order valence-electron chi connectivity index (χ2n) is 7.54. The summed E-state index contributed by atoms with van der Waals surface area (Å²) in [5.41, 5.74) is -0.778. The number of fused-ring (bicyclic) bond motifs is 1. The van der Waals surface area contributed by atoms with E-state index in [0.717, 1.165) is 12.1 Å². The second kappa shape index (κ2) is 8.12. The van der Waals surface area contributed by atoms with Crippen molar-refractivity contribution in [3.63, 3.8) is 0 Å². The van der Waals surface area contributed by atoms with Crippen molar-refractivity contribution in [3.05, 3.63) is 60.2 Å². The molecule has 4 aromatic rings. The van der Waals surface area contributed by atoms with E-state index < -0.39 is 29.7 Å². The van der Waals surface area contributed by atoms with Gasteiger partial charge in [0.2, 0.25) is 0 Å². The maximum Gasteiger partial charge on any atom is 0.573 e. The normalized spacial score (nSPS) is 13.2. The molecule has 0 fully saturated rings. The van der Waals surface area contributed by atoms with Crippen LogP contribution in [0.4, 0.5) is 13.2 Å². The van der Waals surface area contributed by atoms with Crippen LogP contribution < -0.4 is 10.1 Å². The van der Waals surface area contributed by atoms with Crippen molar-refractivity contribution in [2.24, 2.45) is 0 Å². The molecule has 11 nitrogen and oxygen atoms in total. The van der Waals surface area contributed by atoms with Gasteiger partial charge in [-0.25, -0.2) is 9.50 Å². The average Bonchev–Trinajstić information content (AvgIpc) is 3.40. The van der Waals surface area contributed by atoms with Crippen molar-refractivity contribution in [2.45, 2.75) is 31.9 Å². The summed E-state index contributed by atoms with van der Waals surface area (Å²) in [6.45, 7) is 2.92. The van der Waals surface area contributed by atoms with Crippen LogP contribution in [0.2, 0.25) is 0 Å². The molecule has 3 heterocycles. The first-order chi connectivity index (χ1) is 15.5. The number of carbonyl (C=O) groups excluding carboxylic acids is 1. The predicted octanol–water partition coefficient (Wildman–Crippen LogP) is 1.85. The summed E-state index contributed by atoms with van der Waals surface area (Å²) in [6.07, 6.45) is -0.611. The Hall–Kier alpha value is -4.07. The van der Waals surface area contributed by atoms with Crippen molar-refractivity contribution in [3.8, 4) is 11.6 Å². The Morgan fingerprint density at radius 3 is 2.52 bits per heavy atom. The van der Waals surface area contributed by atoms with Crippen LogP contribution in [0.25, 0.3) is 11.5 Å². The molecule has 2 N–H and O–H groups in total. The highest BCUT2D eigenvalue weighted by atomic mass is 19.4. The highest BCUT2D eigenvalue weighted by Crippen LogP contribution is 2.29. The quantitative estimate of drug-likeness (QED) is 0.444. The fourth-order valence-corrected chi connectivity index (χ4v) is 3.15. The summed E-state index contributed by atoms with van der Waals surface area (Å²) in [5, 5.41) is 28.3. The van der Waals surface area contributed by atoms with Crippen molar-refractivity contribution < 1.29 is 27.8 Å². The number of amides is 1. The molecule has 0 bridgehead atoms. The van der Waals surface area contributed by atoms with Gasteiger partial charge >= 0.3 is 6.36 Å². The first kappa shape index (κ1) is 22.1. The zero-order chi connectivity index (χ0) is 23.8. The largest absolute Gasteiger partial charge is 0.573 e.